The molecule has 0 aliphatic rings. The molecule has 0 unspecified atom stereocenters. The zero-order valence-corrected chi connectivity index (χ0v) is 16.1. The first-order valence-corrected chi connectivity index (χ1v) is 9.33. The van der Waals surface area contributed by atoms with E-state index in [2.05, 4.69) is 41.2 Å². The van der Waals surface area contributed by atoms with Crippen molar-refractivity contribution >= 4 is 11.6 Å². The molecule has 0 saturated carbocycles. The lowest BCUT2D eigenvalue weighted by Crippen LogP contribution is -2.31. The molecule has 0 saturated heterocycles. The van der Waals surface area contributed by atoms with Gasteiger partial charge in [0.05, 0.1) is 0 Å². The number of aromatic nitrogens is 1. The van der Waals surface area contributed by atoms with Crippen LogP contribution < -0.4 is 10.2 Å². The molecule has 0 aliphatic heterocycles. The van der Waals surface area contributed by atoms with Crippen molar-refractivity contribution in [3.63, 3.8) is 0 Å². The topological polar surface area (TPSA) is 45.2 Å². The number of hydrogen-bond donors (Lipinski definition) is 1. The molecule has 1 heterocycles. The molecule has 0 radical (unpaired) electrons. The maximum absolute atomic E-state index is 13.7. The van der Waals surface area contributed by atoms with Crippen molar-refractivity contribution in [3.8, 4) is 0 Å². The van der Waals surface area contributed by atoms with E-state index in [1.54, 1.807) is 30.5 Å². The molecule has 2 aromatic carbocycles. The number of carbonyl (C=O) groups excluding carboxylic acids is 1. The van der Waals surface area contributed by atoms with Gasteiger partial charge in [-0.1, -0.05) is 48.5 Å². The molecule has 1 aromatic heterocycles. The van der Waals surface area contributed by atoms with Crippen molar-refractivity contribution in [3.05, 3.63) is 95.6 Å². The van der Waals surface area contributed by atoms with Gasteiger partial charge < -0.3 is 10.2 Å². The monoisotopic (exact) mass is 377 g/mol. The molecular formula is C23H24FN3O. The first-order valence-electron chi connectivity index (χ1n) is 9.33. The van der Waals surface area contributed by atoms with Crippen LogP contribution in [0.1, 0.15) is 35.5 Å². The highest BCUT2D eigenvalue weighted by atomic mass is 19.1. The molecule has 1 amide bonds. The Morgan fingerprint density at radius 3 is 2.50 bits per heavy atom. The maximum atomic E-state index is 13.7. The predicted octanol–water partition coefficient (Wildman–Crippen LogP) is 4.57. The Balaban J connectivity index is 1.74. The summed E-state index contributed by atoms with van der Waals surface area (Å²) in [7, 11) is 0. The summed E-state index contributed by atoms with van der Waals surface area (Å²) in [6.07, 6.45) is 1.63. The molecule has 4 nitrogen and oxygen atoms in total. The minimum absolute atomic E-state index is 0.120. The molecular weight excluding hydrogens is 353 g/mol. The number of amides is 1. The van der Waals surface area contributed by atoms with Gasteiger partial charge >= 0.3 is 0 Å². The Morgan fingerprint density at radius 2 is 1.79 bits per heavy atom. The predicted molar refractivity (Wildman–Crippen MR) is 110 cm³/mol. The van der Waals surface area contributed by atoms with Crippen LogP contribution in [-0.2, 0) is 13.1 Å². The summed E-state index contributed by atoms with van der Waals surface area (Å²) in [4.78, 5) is 18.9. The lowest BCUT2D eigenvalue weighted by atomic mass is 10.1. The first kappa shape index (κ1) is 19.5. The highest BCUT2D eigenvalue weighted by Crippen LogP contribution is 2.20. The van der Waals surface area contributed by atoms with Crippen LogP contribution in [0.4, 0.5) is 10.1 Å². The van der Waals surface area contributed by atoms with Gasteiger partial charge in [-0.15, -0.1) is 0 Å². The third-order valence-corrected chi connectivity index (χ3v) is 4.52. The van der Waals surface area contributed by atoms with E-state index >= 15 is 0 Å². The zero-order valence-electron chi connectivity index (χ0n) is 16.1. The second-order valence-electron chi connectivity index (χ2n) is 6.88. The average Bonchev–Trinajstić information content (AvgIpc) is 2.72. The van der Waals surface area contributed by atoms with E-state index in [4.69, 9.17) is 0 Å². The second-order valence-corrected chi connectivity index (χ2v) is 6.88. The number of benzene rings is 2. The van der Waals surface area contributed by atoms with Crippen LogP contribution in [0.25, 0.3) is 0 Å². The summed E-state index contributed by atoms with van der Waals surface area (Å²) in [5, 5.41) is 2.74. The third kappa shape index (κ3) is 4.94. The minimum atomic E-state index is -0.335. The summed E-state index contributed by atoms with van der Waals surface area (Å²) >= 11 is 0. The molecule has 0 atom stereocenters. The van der Waals surface area contributed by atoms with Gasteiger partial charge in [-0.3, -0.25) is 9.78 Å². The SMILES string of the molecule is CC(C)N(Cc1ccccc1)c1ccnc(C(=O)NCc2ccccc2F)c1. The minimum Gasteiger partial charge on any atom is -0.365 e. The number of nitrogens with zero attached hydrogens (tertiary/aromatic N) is 2. The molecule has 0 spiro atoms. The molecule has 3 rings (SSSR count). The van der Waals surface area contributed by atoms with Crippen LogP contribution in [0.15, 0.2) is 72.9 Å². The smallest absolute Gasteiger partial charge is 0.270 e. The van der Waals surface area contributed by atoms with Gasteiger partial charge in [-0.05, 0) is 37.6 Å². The molecule has 0 bridgehead atoms. The van der Waals surface area contributed by atoms with Crippen molar-refractivity contribution in [2.45, 2.75) is 33.0 Å². The maximum Gasteiger partial charge on any atom is 0.270 e. The second kappa shape index (κ2) is 9.13. The Labute approximate surface area is 165 Å². The Hall–Kier alpha value is -3.21. The van der Waals surface area contributed by atoms with E-state index < -0.39 is 0 Å². The fourth-order valence-electron chi connectivity index (χ4n) is 2.98. The van der Waals surface area contributed by atoms with Gasteiger partial charge in [-0.25, -0.2) is 4.39 Å². The Kier molecular flexibility index (Phi) is 6.37. The van der Waals surface area contributed by atoms with E-state index in [1.165, 1.54) is 11.6 Å². The third-order valence-electron chi connectivity index (χ3n) is 4.52. The fourth-order valence-corrected chi connectivity index (χ4v) is 2.98. The number of carbonyl (C=O) groups is 1. The Morgan fingerprint density at radius 1 is 1.07 bits per heavy atom. The van der Waals surface area contributed by atoms with Gasteiger partial charge in [0.25, 0.3) is 5.91 Å². The van der Waals surface area contributed by atoms with Crippen LogP contribution in [-0.4, -0.2) is 16.9 Å². The summed E-state index contributed by atoms with van der Waals surface area (Å²) < 4.78 is 13.7. The van der Waals surface area contributed by atoms with E-state index in [-0.39, 0.29) is 24.3 Å². The van der Waals surface area contributed by atoms with Crippen molar-refractivity contribution in [1.82, 2.24) is 10.3 Å². The standard InChI is InChI=1S/C23H24FN3O/c1-17(2)27(16-18-8-4-3-5-9-18)20-12-13-25-22(14-20)23(28)26-15-19-10-6-7-11-21(19)24/h3-14,17H,15-16H2,1-2H3,(H,26,28). The number of hydrogen-bond acceptors (Lipinski definition) is 3. The quantitative estimate of drug-likeness (QED) is 0.656. The number of anilines is 1. The van der Waals surface area contributed by atoms with Gasteiger partial charge in [0.2, 0.25) is 0 Å². The fraction of sp³-hybridized carbons (Fsp3) is 0.217. The molecule has 5 heteroatoms. The van der Waals surface area contributed by atoms with Gasteiger partial charge in [0, 0.05) is 36.6 Å². The molecule has 28 heavy (non-hydrogen) atoms. The number of rotatable bonds is 7. The van der Waals surface area contributed by atoms with Crippen molar-refractivity contribution < 1.29 is 9.18 Å². The Bertz CT molecular complexity index is 928. The van der Waals surface area contributed by atoms with Gasteiger partial charge in [-0.2, -0.15) is 0 Å². The van der Waals surface area contributed by atoms with Gasteiger partial charge in [0.1, 0.15) is 11.5 Å². The lowest BCUT2D eigenvalue weighted by Gasteiger charge is -2.29. The highest BCUT2D eigenvalue weighted by Gasteiger charge is 2.15. The largest absolute Gasteiger partial charge is 0.365 e. The van der Waals surface area contributed by atoms with Crippen LogP contribution in [0.2, 0.25) is 0 Å². The van der Waals surface area contributed by atoms with Crippen LogP contribution in [0, 0.1) is 5.82 Å². The van der Waals surface area contributed by atoms with Crippen molar-refractivity contribution in [2.24, 2.45) is 0 Å². The van der Waals surface area contributed by atoms with E-state index in [0.29, 0.717) is 11.3 Å². The van der Waals surface area contributed by atoms with Crippen LogP contribution in [0.5, 0.6) is 0 Å². The molecule has 0 fully saturated rings. The molecule has 144 valence electrons. The molecule has 1 N–H and O–H groups in total. The van der Waals surface area contributed by atoms with Crippen LogP contribution in [0.3, 0.4) is 0 Å². The number of nitrogens with one attached hydrogen (secondary N) is 1. The average molecular weight is 377 g/mol. The van der Waals surface area contributed by atoms with Crippen molar-refractivity contribution in [2.75, 3.05) is 4.90 Å². The van der Waals surface area contributed by atoms with Crippen molar-refractivity contribution in [1.29, 1.82) is 0 Å². The summed E-state index contributed by atoms with van der Waals surface area (Å²) in [5.74, 6) is -0.660. The van der Waals surface area contributed by atoms with Crippen LogP contribution >= 0.6 is 0 Å². The zero-order chi connectivity index (χ0) is 19.9. The number of halogens is 1. The summed E-state index contributed by atoms with van der Waals surface area (Å²) in [5.41, 5.74) is 2.87. The normalized spacial score (nSPS) is 10.7. The molecule has 3 aromatic rings. The lowest BCUT2D eigenvalue weighted by molar-refractivity contribution is 0.0945. The number of pyridine rings is 1. The highest BCUT2D eigenvalue weighted by molar-refractivity contribution is 5.93. The summed E-state index contributed by atoms with van der Waals surface area (Å²) in [6, 6.07) is 20.5. The van der Waals surface area contributed by atoms with Gasteiger partial charge in [0.15, 0.2) is 0 Å². The first-order chi connectivity index (χ1) is 13.5. The van der Waals surface area contributed by atoms with E-state index in [9.17, 15) is 9.18 Å². The summed E-state index contributed by atoms with van der Waals surface area (Å²) in [6.45, 7) is 5.08. The van der Waals surface area contributed by atoms with E-state index in [1.807, 2.05) is 24.3 Å². The van der Waals surface area contributed by atoms with E-state index in [0.717, 1.165) is 12.2 Å². The molecule has 0 aliphatic carbocycles.